The molecular weight excluding hydrogens is 317 g/mol. The van der Waals surface area contributed by atoms with E-state index in [0.29, 0.717) is 11.5 Å². The largest absolute Gasteiger partial charge is 0.481 e. The fourth-order valence-corrected chi connectivity index (χ4v) is 3.61. The molecule has 1 aliphatic carbocycles. The molecule has 4 heteroatoms. The predicted octanol–water partition coefficient (Wildman–Crippen LogP) is 4.77. The average molecular weight is 341 g/mol. The van der Waals surface area contributed by atoms with Crippen molar-refractivity contribution >= 4 is 5.97 Å². The zero-order valence-electron chi connectivity index (χ0n) is 14.9. The molecule has 1 fully saturated rings. The van der Waals surface area contributed by atoms with E-state index in [1.807, 2.05) is 6.07 Å². The minimum atomic E-state index is -1.03. The van der Waals surface area contributed by atoms with E-state index < -0.39 is 17.8 Å². The first kappa shape index (κ1) is 17.6. The molecule has 0 saturated heterocycles. The van der Waals surface area contributed by atoms with Crippen molar-refractivity contribution in [2.75, 3.05) is 0 Å². The number of carbonyl (C=O) groups is 1. The fraction of sp³-hybridized carbons (Fsp3) is 0.381. The smallest absolute Gasteiger partial charge is 0.305 e. The number of carboxylic acid groups (broad SMARTS) is 1. The number of hydrogen-bond acceptors (Lipinski definition) is 2. The average Bonchev–Trinajstić information content (AvgIpc) is 3.33. The molecule has 3 N–H and O–H groups in total. The van der Waals surface area contributed by atoms with Crippen molar-refractivity contribution < 1.29 is 14.3 Å². The molecule has 0 aromatic heterocycles. The van der Waals surface area contributed by atoms with Crippen LogP contribution in [0.3, 0.4) is 0 Å². The molecule has 0 spiro atoms. The number of aliphatic carboxylic acids is 1. The second-order valence-corrected chi connectivity index (χ2v) is 7.20. The predicted molar refractivity (Wildman–Crippen MR) is 97.2 cm³/mol. The third-order valence-corrected chi connectivity index (χ3v) is 4.97. The summed E-state index contributed by atoms with van der Waals surface area (Å²) in [5.74, 6) is -0.764. The van der Waals surface area contributed by atoms with Crippen LogP contribution in [0.25, 0.3) is 11.1 Å². The maximum Gasteiger partial charge on any atom is 0.305 e. The Morgan fingerprint density at radius 3 is 2.28 bits per heavy atom. The lowest BCUT2D eigenvalue weighted by atomic mass is 9.89. The van der Waals surface area contributed by atoms with E-state index >= 15 is 0 Å². The number of halogens is 1. The zero-order chi connectivity index (χ0) is 18.3. The first-order chi connectivity index (χ1) is 11.8. The monoisotopic (exact) mass is 341 g/mol. The lowest BCUT2D eigenvalue weighted by Crippen LogP contribution is -2.17. The number of carboxylic acids is 1. The summed E-state index contributed by atoms with van der Waals surface area (Å²) in [5.41, 5.74) is 12.4. The molecule has 0 bridgehead atoms. The molecule has 3 rings (SSSR count). The van der Waals surface area contributed by atoms with Gasteiger partial charge in [-0.3, -0.25) is 4.79 Å². The minimum Gasteiger partial charge on any atom is -0.481 e. The van der Waals surface area contributed by atoms with Crippen molar-refractivity contribution in [2.45, 2.75) is 52.0 Å². The summed E-state index contributed by atoms with van der Waals surface area (Å²) in [6.45, 7) is 5.84. The van der Waals surface area contributed by atoms with E-state index in [1.165, 1.54) is 18.4 Å². The summed E-state index contributed by atoms with van der Waals surface area (Å²) >= 11 is 0. The highest BCUT2D eigenvalue weighted by Gasteiger charge is 2.25. The molecule has 1 atom stereocenters. The van der Waals surface area contributed by atoms with Gasteiger partial charge in [0.15, 0.2) is 0 Å². The van der Waals surface area contributed by atoms with E-state index in [0.717, 1.165) is 22.3 Å². The Kier molecular flexibility index (Phi) is 4.65. The first-order valence-electron chi connectivity index (χ1n) is 8.67. The topological polar surface area (TPSA) is 63.3 Å². The van der Waals surface area contributed by atoms with Crippen LogP contribution in [-0.2, 0) is 4.79 Å². The Balaban J connectivity index is 2.08. The Bertz CT molecular complexity index is 817. The third kappa shape index (κ3) is 3.59. The summed E-state index contributed by atoms with van der Waals surface area (Å²) in [5, 5.41) is 8.97. The van der Waals surface area contributed by atoms with Crippen LogP contribution in [0.5, 0.6) is 0 Å². The van der Waals surface area contributed by atoms with Gasteiger partial charge in [0, 0.05) is 11.6 Å². The molecule has 0 aliphatic heterocycles. The summed E-state index contributed by atoms with van der Waals surface area (Å²) in [4.78, 5) is 10.9. The second-order valence-electron chi connectivity index (χ2n) is 7.20. The van der Waals surface area contributed by atoms with Crippen molar-refractivity contribution in [1.82, 2.24) is 0 Å². The Morgan fingerprint density at radius 2 is 1.76 bits per heavy atom. The number of hydrogen-bond donors (Lipinski definition) is 2. The summed E-state index contributed by atoms with van der Waals surface area (Å²) in [6.07, 6.45) is 2.21. The van der Waals surface area contributed by atoms with Crippen molar-refractivity contribution in [3.05, 3.63) is 57.9 Å². The van der Waals surface area contributed by atoms with Crippen molar-refractivity contribution in [3.63, 3.8) is 0 Å². The third-order valence-electron chi connectivity index (χ3n) is 4.97. The van der Waals surface area contributed by atoms with Gasteiger partial charge in [0.25, 0.3) is 0 Å². The quantitative estimate of drug-likeness (QED) is 0.823. The number of rotatable bonds is 5. The van der Waals surface area contributed by atoms with Crippen LogP contribution < -0.4 is 5.73 Å². The number of nitrogens with two attached hydrogens (primary N) is 1. The molecule has 25 heavy (non-hydrogen) atoms. The van der Waals surface area contributed by atoms with Gasteiger partial charge in [-0.25, -0.2) is 4.39 Å². The van der Waals surface area contributed by atoms with Crippen molar-refractivity contribution in [2.24, 2.45) is 5.73 Å². The maximum absolute atomic E-state index is 14.5. The maximum atomic E-state index is 14.5. The van der Waals surface area contributed by atoms with Crippen LogP contribution in [0.1, 0.15) is 59.0 Å². The van der Waals surface area contributed by atoms with Crippen LogP contribution in [0.15, 0.2) is 24.3 Å². The Morgan fingerprint density at radius 1 is 1.16 bits per heavy atom. The molecule has 1 aliphatic rings. The molecule has 3 nitrogen and oxygen atoms in total. The van der Waals surface area contributed by atoms with Gasteiger partial charge in [0.1, 0.15) is 5.82 Å². The van der Waals surface area contributed by atoms with Gasteiger partial charge in [0.2, 0.25) is 0 Å². The van der Waals surface area contributed by atoms with Crippen LogP contribution >= 0.6 is 0 Å². The lowest BCUT2D eigenvalue weighted by molar-refractivity contribution is -0.137. The molecule has 1 unspecified atom stereocenters. The zero-order valence-corrected chi connectivity index (χ0v) is 14.9. The molecular formula is C21H24FNO2. The molecule has 132 valence electrons. The highest BCUT2D eigenvalue weighted by molar-refractivity contribution is 5.73. The van der Waals surface area contributed by atoms with Crippen LogP contribution in [-0.4, -0.2) is 11.1 Å². The summed E-state index contributed by atoms with van der Waals surface area (Å²) < 4.78 is 14.5. The molecule has 0 radical (unpaired) electrons. The fourth-order valence-electron chi connectivity index (χ4n) is 3.61. The van der Waals surface area contributed by atoms with Gasteiger partial charge >= 0.3 is 5.97 Å². The normalized spacial score (nSPS) is 15.2. The molecule has 1 saturated carbocycles. The molecule has 2 aromatic carbocycles. The highest BCUT2D eigenvalue weighted by Crippen LogP contribution is 2.42. The van der Waals surface area contributed by atoms with Gasteiger partial charge in [0.05, 0.1) is 6.42 Å². The highest BCUT2D eigenvalue weighted by atomic mass is 19.1. The Hall–Kier alpha value is -2.20. The number of aryl methyl sites for hydroxylation is 3. The first-order valence-corrected chi connectivity index (χ1v) is 8.67. The summed E-state index contributed by atoms with van der Waals surface area (Å²) in [7, 11) is 0. The van der Waals surface area contributed by atoms with E-state index in [-0.39, 0.29) is 12.0 Å². The van der Waals surface area contributed by atoms with Crippen molar-refractivity contribution in [1.29, 1.82) is 0 Å². The second kappa shape index (κ2) is 6.60. The Labute approximate surface area is 147 Å². The summed E-state index contributed by atoms with van der Waals surface area (Å²) in [6, 6.07) is 7.11. The molecule has 0 amide bonds. The standard InChI is InChI=1S/C21H24FNO2/c1-11-6-15(14-4-5-14)7-12(2)20(11)16-8-13(3)21(22)17(9-16)18(23)10-19(24)25/h6-9,14,18H,4-5,10,23H2,1-3H3,(H,24,25). The van der Waals surface area contributed by atoms with Crippen LogP contribution in [0.4, 0.5) is 4.39 Å². The molecule has 0 heterocycles. The SMILES string of the molecule is Cc1cc(-c2c(C)cc(C3CC3)cc2C)cc(C(N)CC(=O)O)c1F. The van der Waals surface area contributed by atoms with Crippen LogP contribution in [0.2, 0.25) is 0 Å². The number of benzene rings is 2. The van der Waals surface area contributed by atoms with Gasteiger partial charge in [-0.2, -0.15) is 0 Å². The molecule has 2 aromatic rings. The van der Waals surface area contributed by atoms with Gasteiger partial charge in [-0.05, 0) is 85.0 Å². The van der Waals surface area contributed by atoms with E-state index in [9.17, 15) is 9.18 Å². The lowest BCUT2D eigenvalue weighted by Gasteiger charge is -2.18. The van der Waals surface area contributed by atoms with E-state index in [2.05, 4.69) is 26.0 Å². The van der Waals surface area contributed by atoms with E-state index in [1.54, 1.807) is 13.0 Å². The van der Waals surface area contributed by atoms with Crippen LogP contribution in [0, 0.1) is 26.6 Å². The van der Waals surface area contributed by atoms with Gasteiger partial charge < -0.3 is 10.8 Å². The van der Waals surface area contributed by atoms with Gasteiger partial charge in [-0.1, -0.05) is 12.1 Å². The minimum absolute atomic E-state index is 0.266. The van der Waals surface area contributed by atoms with Crippen molar-refractivity contribution in [3.8, 4) is 11.1 Å². The van der Waals surface area contributed by atoms with E-state index in [4.69, 9.17) is 10.8 Å². The van der Waals surface area contributed by atoms with Gasteiger partial charge in [-0.15, -0.1) is 0 Å².